The summed E-state index contributed by atoms with van der Waals surface area (Å²) in [5.41, 5.74) is 3.33. The fourth-order valence-electron chi connectivity index (χ4n) is 2.88. The summed E-state index contributed by atoms with van der Waals surface area (Å²) in [7, 11) is 1.62. The molecule has 0 aliphatic carbocycles. The van der Waals surface area contributed by atoms with E-state index in [-0.39, 0.29) is 11.2 Å². The Morgan fingerprint density at radius 2 is 2.11 bits per heavy atom. The van der Waals surface area contributed by atoms with Gasteiger partial charge in [-0.2, -0.15) is 5.26 Å². The van der Waals surface area contributed by atoms with Crippen LogP contribution in [0.1, 0.15) is 28.5 Å². The lowest BCUT2D eigenvalue weighted by atomic mass is 10.1. The highest BCUT2D eigenvalue weighted by Crippen LogP contribution is 2.34. The lowest BCUT2D eigenvalue weighted by Crippen LogP contribution is -2.22. The van der Waals surface area contributed by atoms with Gasteiger partial charge in [0.05, 0.1) is 22.9 Å². The SMILES string of the molecule is COc1cccc2c(C)cc(SC(C)C(=O)Nc3sc(C)c(C)c3C#N)nc12. The topological polar surface area (TPSA) is 75.0 Å². The van der Waals surface area contributed by atoms with Gasteiger partial charge in [-0.25, -0.2) is 4.98 Å². The third kappa shape index (κ3) is 3.84. The highest BCUT2D eigenvalue weighted by Gasteiger charge is 2.20. The van der Waals surface area contributed by atoms with Crippen LogP contribution in [0.2, 0.25) is 0 Å². The Hall–Kier alpha value is -2.56. The van der Waals surface area contributed by atoms with Gasteiger partial charge in [-0.1, -0.05) is 23.9 Å². The molecule has 2 aromatic heterocycles. The van der Waals surface area contributed by atoms with Crippen molar-refractivity contribution in [2.24, 2.45) is 0 Å². The number of methoxy groups -OCH3 is 1. The van der Waals surface area contributed by atoms with Crippen molar-refractivity contribution in [1.29, 1.82) is 5.26 Å². The van der Waals surface area contributed by atoms with Gasteiger partial charge in [-0.15, -0.1) is 11.3 Å². The first-order valence-electron chi connectivity index (χ1n) is 8.77. The molecule has 1 amide bonds. The van der Waals surface area contributed by atoms with Crippen LogP contribution in [0.25, 0.3) is 10.9 Å². The summed E-state index contributed by atoms with van der Waals surface area (Å²) in [5.74, 6) is 0.561. The average molecular weight is 412 g/mol. The summed E-state index contributed by atoms with van der Waals surface area (Å²) in [5, 5.41) is 14.3. The molecule has 1 unspecified atom stereocenters. The van der Waals surface area contributed by atoms with Gasteiger partial charge < -0.3 is 10.1 Å². The number of amides is 1. The summed E-state index contributed by atoms with van der Waals surface area (Å²) >= 11 is 2.82. The number of carbonyl (C=O) groups is 1. The van der Waals surface area contributed by atoms with E-state index in [0.717, 1.165) is 31.9 Å². The molecule has 1 atom stereocenters. The molecule has 0 saturated carbocycles. The second-order valence-electron chi connectivity index (χ2n) is 6.48. The first kappa shape index (κ1) is 20.2. The number of aryl methyl sites for hydroxylation is 2. The third-order valence-electron chi connectivity index (χ3n) is 4.61. The van der Waals surface area contributed by atoms with Crippen LogP contribution in [-0.4, -0.2) is 23.3 Å². The van der Waals surface area contributed by atoms with Gasteiger partial charge >= 0.3 is 0 Å². The van der Waals surface area contributed by atoms with E-state index in [9.17, 15) is 10.1 Å². The van der Waals surface area contributed by atoms with Crippen LogP contribution in [0, 0.1) is 32.1 Å². The van der Waals surface area contributed by atoms with Crippen molar-refractivity contribution in [1.82, 2.24) is 4.98 Å². The molecule has 144 valence electrons. The molecular weight excluding hydrogens is 390 g/mol. The molecule has 3 aromatic rings. The van der Waals surface area contributed by atoms with Gasteiger partial charge in [0, 0.05) is 10.3 Å². The van der Waals surface area contributed by atoms with E-state index in [1.165, 1.54) is 23.1 Å². The smallest absolute Gasteiger partial charge is 0.238 e. The fraction of sp³-hybridized carbons (Fsp3) is 0.286. The molecule has 0 radical (unpaired) electrons. The van der Waals surface area contributed by atoms with Crippen LogP contribution in [0.5, 0.6) is 5.75 Å². The van der Waals surface area contributed by atoms with Gasteiger partial charge in [-0.05, 0) is 51.0 Å². The molecule has 28 heavy (non-hydrogen) atoms. The maximum atomic E-state index is 12.7. The molecule has 7 heteroatoms. The van der Waals surface area contributed by atoms with Crippen molar-refractivity contribution in [3.8, 4) is 11.8 Å². The Bertz CT molecular complexity index is 1100. The predicted octanol–water partition coefficient (Wildman–Crippen LogP) is 5.22. The number of thiophene rings is 1. The molecule has 3 rings (SSSR count). The van der Waals surface area contributed by atoms with E-state index >= 15 is 0 Å². The Morgan fingerprint density at radius 1 is 1.36 bits per heavy atom. The number of nitrogens with one attached hydrogen (secondary N) is 1. The number of hydrogen-bond acceptors (Lipinski definition) is 6. The summed E-state index contributed by atoms with van der Waals surface area (Å²) < 4.78 is 5.43. The predicted molar refractivity (Wildman–Crippen MR) is 115 cm³/mol. The van der Waals surface area contributed by atoms with E-state index in [2.05, 4.69) is 11.4 Å². The molecule has 1 aromatic carbocycles. The number of fused-ring (bicyclic) bond motifs is 1. The van der Waals surface area contributed by atoms with E-state index in [1.807, 2.05) is 52.0 Å². The summed E-state index contributed by atoms with van der Waals surface area (Å²) in [4.78, 5) is 18.4. The van der Waals surface area contributed by atoms with Crippen LogP contribution < -0.4 is 10.1 Å². The van der Waals surface area contributed by atoms with Crippen molar-refractivity contribution < 1.29 is 9.53 Å². The quantitative estimate of drug-likeness (QED) is 0.583. The number of carbonyl (C=O) groups excluding carboxylic acids is 1. The Morgan fingerprint density at radius 3 is 2.79 bits per heavy atom. The lowest BCUT2D eigenvalue weighted by molar-refractivity contribution is -0.115. The highest BCUT2D eigenvalue weighted by atomic mass is 32.2. The van der Waals surface area contributed by atoms with E-state index < -0.39 is 0 Å². The standard InChI is InChI=1S/C21H21N3O2S2/c1-11-9-18(23-19-15(11)7-6-8-17(19)26-5)27-14(4)20(25)24-21-16(10-22)12(2)13(3)28-21/h6-9,14H,1-5H3,(H,24,25). The van der Waals surface area contributed by atoms with E-state index in [1.54, 1.807) is 7.11 Å². The van der Waals surface area contributed by atoms with E-state index in [4.69, 9.17) is 9.72 Å². The lowest BCUT2D eigenvalue weighted by Gasteiger charge is -2.13. The molecule has 0 fully saturated rings. The molecular formula is C21H21N3O2S2. The molecule has 2 heterocycles. The highest BCUT2D eigenvalue weighted by molar-refractivity contribution is 8.00. The number of aromatic nitrogens is 1. The summed E-state index contributed by atoms with van der Waals surface area (Å²) in [6.07, 6.45) is 0. The first-order valence-corrected chi connectivity index (χ1v) is 10.5. The summed E-state index contributed by atoms with van der Waals surface area (Å²) in [6.45, 7) is 7.70. The molecule has 0 spiro atoms. The molecule has 1 N–H and O–H groups in total. The number of benzene rings is 1. The molecule has 0 saturated heterocycles. The monoisotopic (exact) mass is 411 g/mol. The van der Waals surface area contributed by atoms with Crippen molar-refractivity contribution >= 4 is 44.9 Å². The second kappa shape index (κ2) is 8.21. The van der Waals surface area contributed by atoms with Crippen molar-refractivity contribution in [3.05, 3.63) is 45.8 Å². The number of para-hydroxylation sites is 1. The number of thioether (sulfide) groups is 1. The minimum absolute atomic E-state index is 0.151. The summed E-state index contributed by atoms with van der Waals surface area (Å²) in [6, 6.07) is 9.99. The van der Waals surface area contributed by atoms with Crippen molar-refractivity contribution in [3.63, 3.8) is 0 Å². The minimum atomic E-state index is -0.367. The fourth-order valence-corrected chi connectivity index (χ4v) is 4.81. The van der Waals surface area contributed by atoms with Gasteiger partial charge in [0.25, 0.3) is 0 Å². The second-order valence-corrected chi connectivity index (χ2v) is 9.07. The van der Waals surface area contributed by atoms with Crippen molar-refractivity contribution in [2.75, 3.05) is 12.4 Å². The molecule has 0 aliphatic rings. The van der Waals surface area contributed by atoms with Crippen molar-refractivity contribution in [2.45, 2.75) is 38.0 Å². The first-order chi connectivity index (χ1) is 13.3. The third-order valence-corrected chi connectivity index (χ3v) is 6.75. The average Bonchev–Trinajstić information content (AvgIpc) is 2.94. The zero-order valence-electron chi connectivity index (χ0n) is 16.4. The number of anilines is 1. The minimum Gasteiger partial charge on any atom is -0.494 e. The normalized spacial score (nSPS) is 11.9. The maximum Gasteiger partial charge on any atom is 0.238 e. The van der Waals surface area contributed by atoms with Crippen LogP contribution in [0.4, 0.5) is 5.00 Å². The van der Waals surface area contributed by atoms with Gasteiger partial charge in [0.1, 0.15) is 22.3 Å². The van der Waals surface area contributed by atoms with Crippen LogP contribution in [-0.2, 0) is 4.79 Å². The zero-order valence-corrected chi connectivity index (χ0v) is 18.0. The zero-order chi connectivity index (χ0) is 20.4. The largest absolute Gasteiger partial charge is 0.494 e. The van der Waals surface area contributed by atoms with E-state index in [0.29, 0.717) is 16.3 Å². The number of nitriles is 1. The van der Waals surface area contributed by atoms with Crippen LogP contribution in [0.3, 0.4) is 0 Å². The Labute approximate surface area is 172 Å². The number of rotatable bonds is 5. The molecule has 0 bridgehead atoms. The Balaban J connectivity index is 1.83. The number of nitrogens with zero attached hydrogens (tertiary/aromatic N) is 2. The number of ether oxygens (including phenoxy) is 1. The van der Waals surface area contributed by atoms with Gasteiger partial charge in [0.15, 0.2) is 0 Å². The maximum absolute atomic E-state index is 12.7. The van der Waals surface area contributed by atoms with Gasteiger partial charge in [-0.3, -0.25) is 4.79 Å². The van der Waals surface area contributed by atoms with Crippen LogP contribution in [0.15, 0.2) is 29.3 Å². The Kier molecular flexibility index (Phi) is 5.92. The van der Waals surface area contributed by atoms with Gasteiger partial charge in [0.2, 0.25) is 5.91 Å². The molecule has 0 aliphatic heterocycles. The number of hydrogen-bond donors (Lipinski definition) is 1. The molecule has 5 nitrogen and oxygen atoms in total. The van der Waals surface area contributed by atoms with Crippen LogP contribution >= 0.6 is 23.1 Å². The number of pyridine rings is 1.